The van der Waals surface area contributed by atoms with Crippen molar-refractivity contribution in [3.8, 4) is 0 Å². The number of sulfone groups is 1. The Labute approximate surface area is 177 Å². The van der Waals surface area contributed by atoms with Gasteiger partial charge in [-0.15, -0.1) is 10.2 Å². The van der Waals surface area contributed by atoms with Crippen molar-refractivity contribution in [3.05, 3.63) is 76.6 Å². The van der Waals surface area contributed by atoms with Gasteiger partial charge in [0.05, 0.1) is 4.90 Å². The number of aromatic amines is 1. The fourth-order valence-electron chi connectivity index (χ4n) is 4.23. The molecule has 0 bridgehead atoms. The fraction of sp³-hybridized carbons (Fsp3) is 0.238. The van der Waals surface area contributed by atoms with Crippen LogP contribution in [0.25, 0.3) is 10.9 Å². The molecule has 0 radical (unpaired) electrons. The molecule has 154 valence electrons. The monoisotopic (exact) mass is 445 g/mol. The number of aryl methyl sites for hydroxylation is 1. The Morgan fingerprint density at radius 3 is 2.63 bits per heavy atom. The first-order valence-corrected chi connectivity index (χ1v) is 11.2. The standard InChI is InChI=1S/C21H17ClFN3O3S/c1-12-25-26-20(29-12)21(23,30(27,28)15-5-3-2-4-6-15)13-9-16-17-11-14(22)7-8-18(17)24-19(16)10-13/h2-8,11,13,24H,9-10H2,1H3/t13-,21?/m0/s1. The van der Waals surface area contributed by atoms with Crippen molar-refractivity contribution in [2.75, 3.05) is 0 Å². The van der Waals surface area contributed by atoms with Crippen LogP contribution in [-0.4, -0.2) is 23.6 Å². The van der Waals surface area contributed by atoms with Crippen LogP contribution >= 0.6 is 11.6 Å². The first-order chi connectivity index (χ1) is 14.3. The Kier molecular flexibility index (Phi) is 4.27. The highest BCUT2D eigenvalue weighted by Gasteiger charge is 2.59. The van der Waals surface area contributed by atoms with E-state index in [0.717, 1.165) is 22.2 Å². The van der Waals surface area contributed by atoms with Crippen LogP contribution in [0.5, 0.6) is 0 Å². The summed E-state index contributed by atoms with van der Waals surface area (Å²) in [6.45, 7) is 1.50. The second-order valence-electron chi connectivity index (χ2n) is 7.46. The fourth-order valence-corrected chi connectivity index (χ4v) is 6.17. The van der Waals surface area contributed by atoms with E-state index in [4.69, 9.17) is 16.0 Å². The van der Waals surface area contributed by atoms with Gasteiger partial charge in [-0.1, -0.05) is 29.8 Å². The number of hydrogen-bond acceptors (Lipinski definition) is 5. The van der Waals surface area contributed by atoms with Crippen LogP contribution in [0.1, 0.15) is 23.0 Å². The maximum absolute atomic E-state index is 16.8. The zero-order chi connectivity index (χ0) is 21.1. The molecule has 2 aromatic heterocycles. The zero-order valence-electron chi connectivity index (χ0n) is 15.9. The minimum Gasteiger partial charge on any atom is -0.421 e. The molecule has 1 unspecified atom stereocenters. The Hall–Kier alpha value is -2.71. The maximum Gasteiger partial charge on any atom is 0.294 e. The number of hydrogen-bond donors (Lipinski definition) is 1. The third-order valence-electron chi connectivity index (χ3n) is 5.64. The lowest BCUT2D eigenvalue weighted by Gasteiger charge is -2.28. The first-order valence-electron chi connectivity index (χ1n) is 9.39. The molecule has 0 saturated carbocycles. The molecule has 2 atom stereocenters. The van der Waals surface area contributed by atoms with E-state index in [-0.39, 0.29) is 23.6 Å². The van der Waals surface area contributed by atoms with E-state index in [1.54, 1.807) is 30.3 Å². The van der Waals surface area contributed by atoms with Gasteiger partial charge in [0.2, 0.25) is 15.7 Å². The number of benzene rings is 2. The van der Waals surface area contributed by atoms with Gasteiger partial charge in [0.1, 0.15) is 0 Å². The lowest BCUT2D eigenvalue weighted by atomic mass is 9.98. The molecule has 0 spiro atoms. The average Bonchev–Trinajstić information content (AvgIpc) is 3.43. The van der Waals surface area contributed by atoms with Gasteiger partial charge in [-0.2, -0.15) is 0 Å². The largest absolute Gasteiger partial charge is 0.421 e. The molecule has 4 aromatic rings. The highest BCUT2D eigenvalue weighted by atomic mass is 35.5. The van der Waals surface area contributed by atoms with Crippen LogP contribution in [0.15, 0.2) is 57.8 Å². The summed E-state index contributed by atoms with van der Waals surface area (Å²) in [5.41, 5.74) is 2.53. The molecule has 2 aromatic carbocycles. The maximum atomic E-state index is 16.8. The van der Waals surface area contributed by atoms with Gasteiger partial charge in [0, 0.05) is 34.5 Å². The summed E-state index contributed by atoms with van der Waals surface area (Å²) < 4.78 is 49.2. The van der Waals surface area contributed by atoms with Crippen LogP contribution in [-0.2, 0) is 27.7 Å². The van der Waals surface area contributed by atoms with E-state index in [9.17, 15) is 8.42 Å². The Balaban J connectivity index is 1.65. The van der Waals surface area contributed by atoms with Crippen LogP contribution in [0.4, 0.5) is 4.39 Å². The topological polar surface area (TPSA) is 88.9 Å². The highest BCUT2D eigenvalue weighted by Crippen LogP contribution is 2.49. The lowest BCUT2D eigenvalue weighted by molar-refractivity contribution is 0.137. The van der Waals surface area contributed by atoms with Crippen molar-refractivity contribution in [3.63, 3.8) is 0 Å². The number of nitrogens with zero attached hydrogens (tertiary/aromatic N) is 2. The molecule has 5 rings (SSSR count). The van der Waals surface area contributed by atoms with Gasteiger partial charge in [-0.25, -0.2) is 12.8 Å². The number of fused-ring (bicyclic) bond motifs is 3. The van der Waals surface area contributed by atoms with Crippen LogP contribution in [0.3, 0.4) is 0 Å². The highest BCUT2D eigenvalue weighted by molar-refractivity contribution is 7.92. The summed E-state index contributed by atoms with van der Waals surface area (Å²) in [4.78, 5) is 3.13. The summed E-state index contributed by atoms with van der Waals surface area (Å²) in [7, 11) is -4.48. The van der Waals surface area contributed by atoms with Crippen LogP contribution < -0.4 is 0 Å². The van der Waals surface area contributed by atoms with Gasteiger partial charge in [0.25, 0.3) is 10.9 Å². The van der Waals surface area contributed by atoms with Gasteiger partial charge < -0.3 is 9.40 Å². The first kappa shape index (κ1) is 19.3. The summed E-state index contributed by atoms with van der Waals surface area (Å²) in [6, 6.07) is 13.0. The normalized spacial score (nSPS) is 18.4. The molecule has 9 heteroatoms. The van der Waals surface area contributed by atoms with E-state index in [1.165, 1.54) is 19.1 Å². The molecule has 2 heterocycles. The Morgan fingerprint density at radius 2 is 1.93 bits per heavy atom. The molecule has 0 saturated heterocycles. The molecule has 1 N–H and O–H groups in total. The van der Waals surface area contributed by atoms with E-state index in [0.29, 0.717) is 5.02 Å². The molecular formula is C21H17ClFN3O3S. The smallest absolute Gasteiger partial charge is 0.294 e. The molecule has 1 aliphatic carbocycles. The quantitative estimate of drug-likeness (QED) is 0.498. The summed E-state index contributed by atoms with van der Waals surface area (Å²) in [5.74, 6) is -1.38. The number of H-pyrrole nitrogens is 1. The number of alkyl halides is 1. The second-order valence-corrected chi connectivity index (χ2v) is 9.97. The van der Waals surface area contributed by atoms with Crippen molar-refractivity contribution < 1.29 is 17.2 Å². The van der Waals surface area contributed by atoms with Crippen molar-refractivity contribution in [1.29, 1.82) is 0 Å². The van der Waals surface area contributed by atoms with E-state index >= 15 is 4.39 Å². The molecule has 0 fully saturated rings. The van der Waals surface area contributed by atoms with Crippen LogP contribution in [0, 0.1) is 12.8 Å². The van der Waals surface area contributed by atoms with Gasteiger partial charge in [-0.05, 0) is 48.7 Å². The van der Waals surface area contributed by atoms with Crippen molar-refractivity contribution in [1.82, 2.24) is 15.2 Å². The number of aromatic nitrogens is 3. The molecule has 0 amide bonds. The van der Waals surface area contributed by atoms with Gasteiger partial charge in [0.15, 0.2) is 0 Å². The lowest BCUT2D eigenvalue weighted by Crippen LogP contribution is -2.40. The third-order valence-corrected chi connectivity index (χ3v) is 8.06. The van der Waals surface area contributed by atoms with Crippen molar-refractivity contribution in [2.45, 2.75) is 29.7 Å². The Morgan fingerprint density at radius 1 is 1.17 bits per heavy atom. The van der Waals surface area contributed by atoms with E-state index < -0.39 is 26.6 Å². The minimum absolute atomic E-state index is 0.101. The molecule has 1 aliphatic rings. The third kappa shape index (κ3) is 2.70. The SMILES string of the molecule is Cc1nnc(C(F)([C@@H]2Cc3[nH]c4ccc(Cl)cc4c3C2)S(=O)(=O)c2ccccc2)o1. The average molecular weight is 446 g/mol. The predicted molar refractivity (Wildman–Crippen MR) is 110 cm³/mol. The predicted octanol–water partition coefficient (Wildman–Crippen LogP) is 4.52. The summed E-state index contributed by atoms with van der Waals surface area (Å²) in [5, 5.41) is 6.01. The molecular weight excluding hydrogens is 429 g/mol. The number of nitrogens with one attached hydrogen (secondary N) is 1. The summed E-state index contributed by atoms with van der Waals surface area (Å²) >= 11 is 6.14. The number of halogens is 2. The zero-order valence-corrected chi connectivity index (χ0v) is 17.5. The van der Waals surface area contributed by atoms with E-state index in [1.807, 2.05) is 6.07 Å². The van der Waals surface area contributed by atoms with Gasteiger partial charge >= 0.3 is 0 Å². The van der Waals surface area contributed by atoms with Crippen molar-refractivity contribution in [2.24, 2.45) is 5.92 Å². The minimum atomic E-state index is -4.48. The Bertz CT molecular complexity index is 1370. The van der Waals surface area contributed by atoms with Gasteiger partial charge in [-0.3, -0.25) is 0 Å². The van der Waals surface area contributed by atoms with Crippen LogP contribution in [0.2, 0.25) is 5.02 Å². The van der Waals surface area contributed by atoms with Crippen molar-refractivity contribution >= 4 is 32.3 Å². The summed E-state index contributed by atoms with van der Waals surface area (Å²) in [6.07, 6.45) is 0.380. The second kappa shape index (κ2) is 6.65. The van der Waals surface area contributed by atoms with E-state index in [2.05, 4.69) is 15.2 Å². The molecule has 30 heavy (non-hydrogen) atoms. The molecule has 6 nitrogen and oxygen atoms in total. The molecule has 0 aliphatic heterocycles. The number of rotatable bonds is 4.